The summed E-state index contributed by atoms with van der Waals surface area (Å²) in [5.41, 5.74) is 0.726. The Morgan fingerprint density at radius 2 is 1.81 bits per heavy atom. The van der Waals surface area contributed by atoms with Gasteiger partial charge in [-0.15, -0.1) is 0 Å². The van der Waals surface area contributed by atoms with Crippen molar-refractivity contribution in [3.63, 3.8) is 0 Å². The molecule has 0 aliphatic carbocycles. The Morgan fingerprint density at radius 3 is 2.38 bits per heavy atom. The number of carbonyl (C=O) groups excluding carboxylic acids is 1. The number of carbonyl (C=O) groups is 1. The summed E-state index contributed by atoms with van der Waals surface area (Å²) in [5, 5.41) is 0. The molecular formula is C15H23NO4S. The van der Waals surface area contributed by atoms with Crippen molar-refractivity contribution >= 4 is 16.0 Å². The van der Waals surface area contributed by atoms with Crippen LogP contribution in [-0.2, 0) is 26.0 Å². The van der Waals surface area contributed by atoms with Crippen molar-refractivity contribution < 1.29 is 17.9 Å². The molecule has 0 aliphatic rings. The molecule has 0 bridgehead atoms. The summed E-state index contributed by atoms with van der Waals surface area (Å²) < 4.78 is 31.3. The zero-order valence-corrected chi connectivity index (χ0v) is 13.4. The van der Waals surface area contributed by atoms with Crippen molar-refractivity contribution in [3.05, 3.63) is 29.8 Å². The third-order valence-electron chi connectivity index (χ3n) is 3.13. The Kier molecular flexibility index (Phi) is 7.39. The molecule has 0 fully saturated rings. The van der Waals surface area contributed by atoms with Crippen molar-refractivity contribution in [1.29, 1.82) is 0 Å². The first-order valence-corrected chi connectivity index (χ1v) is 8.63. The maximum absolute atomic E-state index is 12.1. The molecule has 0 unspecified atom stereocenters. The molecule has 0 heterocycles. The number of esters is 1. The largest absolute Gasteiger partial charge is 0.469 e. The minimum atomic E-state index is -3.46. The van der Waals surface area contributed by atoms with E-state index in [1.807, 2.05) is 0 Å². The lowest BCUT2D eigenvalue weighted by molar-refractivity contribution is -0.139. The quantitative estimate of drug-likeness (QED) is 0.560. The fraction of sp³-hybridized carbons (Fsp3) is 0.533. The molecule has 0 aliphatic heterocycles. The molecule has 0 saturated carbocycles. The second-order valence-electron chi connectivity index (χ2n) is 4.86. The van der Waals surface area contributed by atoms with Crippen LogP contribution in [0.25, 0.3) is 0 Å². The van der Waals surface area contributed by atoms with Gasteiger partial charge in [0.15, 0.2) is 0 Å². The van der Waals surface area contributed by atoms with Crippen molar-refractivity contribution in [2.45, 2.75) is 43.9 Å². The lowest BCUT2D eigenvalue weighted by atomic mass is 10.2. The Bertz CT molecular complexity index is 537. The van der Waals surface area contributed by atoms with Gasteiger partial charge >= 0.3 is 5.97 Å². The summed E-state index contributed by atoms with van der Waals surface area (Å²) in [6.07, 6.45) is 4.24. The number of nitrogens with one attached hydrogen (secondary N) is 1. The Labute approximate surface area is 126 Å². The molecule has 21 heavy (non-hydrogen) atoms. The highest BCUT2D eigenvalue weighted by Crippen LogP contribution is 2.11. The second kappa shape index (κ2) is 8.79. The van der Waals surface area contributed by atoms with Crippen LogP contribution in [0, 0.1) is 0 Å². The molecule has 0 aromatic heterocycles. The maximum atomic E-state index is 12.1. The van der Waals surface area contributed by atoms with E-state index in [1.54, 1.807) is 12.1 Å². The number of unbranched alkanes of at least 4 members (excludes halogenated alkanes) is 3. The molecule has 0 radical (unpaired) electrons. The summed E-state index contributed by atoms with van der Waals surface area (Å²) in [7, 11) is -2.14. The van der Waals surface area contributed by atoms with Gasteiger partial charge in [-0.25, -0.2) is 13.1 Å². The van der Waals surface area contributed by atoms with Crippen molar-refractivity contribution in [1.82, 2.24) is 4.72 Å². The second-order valence-corrected chi connectivity index (χ2v) is 6.62. The summed E-state index contributed by atoms with van der Waals surface area (Å²) in [6, 6.07) is 6.27. The first kappa shape index (κ1) is 17.7. The van der Waals surface area contributed by atoms with Crippen molar-refractivity contribution in [2.24, 2.45) is 0 Å². The van der Waals surface area contributed by atoms with Crippen LogP contribution < -0.4 is 4.72 Å². The van der Waals surface area contributed by atoms with E-state index >= 15 is 0 Å². The molecular weight excluding hydrogens is 290 g/mol. The monoisotopic (exact) mass is 313 g/mol. The molecule has 0 atom stereocenters. The fourth-order valence-corrected chi connectivity index (χ4v) is 2.94. The van der Waals surface area contributed by atoms with Crippen LogP contribution >= 0.6 is 0 Å². The van der Waals surface area contributed by atoms with Gasteiger partial charge in [0, 0.05) is 6.54 Å². The van der Waals surface area contributed by atoms with Gasteiger partial charge in [-0.3, -0.25) is 4.79 Å². The average Bonchev–Trinajstić information content (AvgIpc) is 2.47. The van der Waals surface area contributed by atoms with Crippen LogP contribution in [0.2, 0.25) is 0 Å². The highest BCUT2D eigenvalue weighted by Gasteiger charge is 2.13. The number of rotatable bonds is 9. The standard InChI is InChI=1S/C15H23NO4S/c1-3-4-5-6-11-16-21(18,19)14-9-7-13(8-10-14)12-15(17)20-2/h7-10,16H,3-6,11-12H2,1-2H3. The molecule has 0 amide bonds. The minimum absolute atomic E-state index is 0.140. The van der Waals surface area contributed by atoms with Gasteiger partial charge in [-0.05, 0) is 24.1 Å². The zero-order valence-electron chi connectivity index (χ0n) is 12.6. The van der Waals surface area contributed by atoms with E-state index in [2.05, 4.69) is 16.4 Å². The number of sulfonamides is 1. The van der Waals surface area contributed by atoms with Crippen LogP contribution in [0.15, 0.2) is 29.2 Å². The van der Waals surface area contributed by atoms with E-state index in [0.29, 0.717) is 6.54 Å². The van der Waals surface area contributed by atoms with Gasteiger partial charge in [-0.2, -0.15) is 0 Å². The van der Waals surface area contributed by atoms with Crippen LogP contribution in [0.3, 0.4) is 0 Å². The van der Waals surface area contributed by atoms with E-state index in [9.17, 15) is 13.2 Å². The smallest absolute Gasteiger partial charge is 0.309 e. The van der Waals surface area contributed by atoms with E-state index in [4.69, 9.17) is 0 Å². The van der Waals surface area contributed by atoms with Crippen LogP contribution in [0.5, 0.6) is 0 Å². The van der Waals surface area contributed by atoms with E-state index in [1.165, 1.54) is 19.2 Å². The molecule has 1 rings (SSSR count). The predicted molar refractivity (Wildman–Crippen MR) is 81.5 cm³/mol. The summed E-state index contributed by atoms with van der Waals surface area (Å²) in [4.78, 5) is 11.4. The fourth-order valence-electron chi connectivity index (χ4n) is 1.87. The third-order valence-corrected chi connectivity index (χ3v) is 4.61. The van der Waals surface area contributed by atoms with Gasteiger partial charge < -0.3 is 4.74 Å². The molecule has 1 N–H and O–H groups in total. The molecule has 0 spiro atoms. The van der Waals surface area contributed by atoms with Gasteiger partial charge in [0.1, 0.15) is 0 Å². The molecule has 1 aromatic carbocycles. The Morgan fingerprint density at radius 1 is 1.14 bits per heavy atom. The number of hydrogen-bond donors (Lipinski definition) is 1. The van der Waals surface area contributed by atoms with Gasteiger partial charge in [0.25, 0.3) is 0 Å². The third kappa shape index (κ3) is 6.27. The van der Waals surface area contributed by atoms with Crippen LogP contribution in [-0.4, -0.2) is 28.0 Å². The Hall–Kier alpha value is -1.40. The van der Waals surface area contributed by atoms with Gasteiger partial charge in [0.05, 0.1) is 18.4 Å². The molecule has 0 saturated heterocycles. The topological polar surface area (TPSA) is 72.5 Å². The normalized spacial score (nSPS) is 11.3. The number of benzene rings is 1. The van der Waals surface area contributed by atoms with Crippen LogP contribution in [0.1, 0.15) is 38.2 Å². The van der Waals surface area contributed by atoms with Crippen molar-refractivity contribution in [2.75, 3.05) is 13.7 Å². The molecule has 118 valence electrons. The molecule has 5 nitrogen and oxygen atoms in total. The van der Waals surface area contributed by atoms with E-state index < -0.39 is 10.0 Å². The number of hydrogen-bond acceptors (Lipinski definition) is 4. The van der Waals surface area contributed by atoms with Crippen LogP contribution in [0.4, 0.5) is 0 Å². The summed E-state index contributed by atoms with van der Waals surface area (Å²) in [5.74, 6) is -0.348. The lowest BCUT2D eigenvalue weighted by Crippen LogP contribution is -2.24. The first-order chi connectivity index (χ1) is 9.99. The number of methoxy groups -OCH3 is 1. The average molecular weight is 313 g/mol. The SMILES string of the molecule is CCCCCCNS(=O)(=O)c1ccc(CC(=O)OC)cc1. The molecule has 1 aromatic rings. The number of ether oxygens (including phenoxy) is 1. The summed E-state index contributed by atoms with van der Waals surface area (Å²) in [6.45, 7) is 2.56. The lowest BCUT2D eigenvalue weighted by Gasteiger charge is -2.07. The zero-order chi connectivity index (χ0) is 15.7. The van der Waals surface area contributed by atoms with Crippen molar-refractivity contribution in [3.8, 4) is 0 Å². The minimum Gasteiger partial charge on any atom is -0.469 e. The van der Waals surface area contributed by atoms with E-state index in [-0.39, 0.29) is 17.3 Å². The maximum Gasteiger partial charge on any atom is 0.309 e. The highest BCUT2D eigenvalue weighted by molar-refractivity contribution is 7.89. The first-order valence-electron chi connectivity index (χ1n) is 7.15. The van der Waals surface area contributed by atoms with Gasteiger partial charge in [-0.1, -0.05) is 38.3 Å². The molecule has 6 heteroatoms. The highest BCUT2D eigenvalue weighted by atomic mass is 32.2. The van der Waals surface area contributed by atoms with Gasteiger partial charge in [0.2, 0.25) is 10.0 Å². The Balaban J connectivity index is 2.56. The summed E-state index contributed by atoms with van der Waals surface area (Å²) >= 11 is 0. The van der Waals surface area contributed by atoms with E-state index in [0.717, 1.165) is 31.2 Å². The predicted octanol–water partition coefficient (Wildman–Crippen LogP) is 2.26.